The Bertz CT molecular complexity index is 181. The topological polar surface area (TPSA) is 66.9 Å². The van der Waals surface area contributed by atoms with Crippen molar-refractivity contribution in [1.82, 2.24) is 0 Å². The van der Waals surface area contributed by atoms with Crippen molar-refractivity contribution in [3.8, 4) is 0 Å². The average Bonchev–Trinajstić information content (AvgIpc) is 2.40. The van der Waals surface area contributed by atoms with Gasteiger partial charge in [0.25, 0.3) is 0 Å². The van der Waals surface area contributed by atoms with Crippen molar-refractivity contribution in [2.75, 3.05) is 13.3 Å². The highest BCUT2D eigenvalue weighted by Crippen LogP contribution is 2.23. The summed E-state index contributed by atoms with van der Waals surface area (Å²) in [5.41, 5.74) is 4.50. The fourth-order valence-corrected chi connectivity index (χ4v) is 2.57. The summed E-state index contributed by atoms with van der Waals surface area (Å²) in [5, 5.41) is 0.206. The van der Waals surface area contributed by atoms with Gasteiger partial charge in [-0.1, -0.05) is 12.8 Å². The second kappa shape index (κ2) is 4.72. The Labute approximate surface area is 69.3 Å². The molecule has 68 valence electrons. The molecule has 0 saturated heterocycles. The minimum atomic E-state index is -2.20. The second-order valence-electron chi connectivity index (χ2n) is 2.81. The molecule has 0 radical (unpaired) electrons. The van der Waals surface area contributed by atoms with Gasteiger partial charge >= 0.3 is 0 Å². The van der Waals surface area contributed by atoms with E-state index in [0.717, 1.165) is 12.8 Å². The molecule has 11 heavy (non-hydrogen) atoms. The average molecular weight is 178 g/mol. The van der Waals surface area contributed by atoms with Crippen LogP contribution in [-0.4, -0.2) is 22.8 Å². The van der Waals surface area contributed by atoms with Crippen LogP contribution < -0.4 is 5.73 Å². The molecule has 0 spiro atoms. The first-order valence-corrected chi connectivity index (χ1v) is 5.94. The Morgan fingerprint density at radius 2 is 1.73 bits per heavy atom. The molecule has 0 aliphatic heterocycles. The van der Waals surface area contributed by atoms with Crippen LogP contribution in [0.15, 0.2) is 0 Å². The van der Waals surface area contributed by atoms with Gasteiger partial charge in [0.1, 0.15) is 0 Å². The van der Waals surface area contributed by atoms with E-state index >= 15 is 0 Å². The van der Waals surface area contributed by atoms with E-state index in [0.29, 0.717) is 0 Å². The summed E-state index contributed by atoms with van der Waals surface area (Å²) in [6.07, 6.45) is 5.93. The standard InChI is InChI=1S/C6H13NOS.CH5N/c1-9(7,8)6-4-2-3-5-6;1-2/h6-7H,2-5H2,1H3;2H2,1H3. The molecule has 0 aromatic carbocycles. The number of nitrogens with two attached hydrogens (primary N) is 1. The normalized spacial score (nSPS) is 23.5. The van der Waals surface area contributed by atoms with Crippen molar-refractivity contribution in [2.45, 2.75) is 30.9 Å². The minimum Gasteiger partial charge on any atom is -0.333 e. The maximum atomic E-state index is 11.1. The highest BCUT2D eigenvalue weighted by molar-refractivity contribution is 7.92. The van der Waals surface area contributed by atoms with Crippen molar-refractivity contribution < 1.29 is 4.21 Å². The van der Waals surface area contributed by atoms with Crippen LogP contribution >= 0.6 is 0 Å². The van der Waals surface area contributed by atoms with E-state index in [-0.39, 0.29) is 5.25 Å². The van der Waals surface area contributed by atoms with Crippen LogP contribution in [0.2, 0.25) is 0 Å². The van der Waals surface area contributed by atoms with Gasteiger partial charge in [-0.05, 0) is 19.9 Å². The van der Waals surface area contributed by atoms with E-state index in [9.17, 15) is 4.21 Å². The third-order valence-corrected chi connectivity index (χ3v) is 3.68. The van der Waals surface area contributed by atoms with Gasteiger partial charge in [0, 0.05) is 21.2 Å². The Balaban J connectivity index is 0.000000461. The zero-order valence-electron chi connectivity index (χ0n) is 7.30. The first-order valence-electron chi connectivity index (χ1n) is 3.91. The van der Waals surface area contributed by atoms with Crippen molar-refractivity contribution in [3.63, 3.8) is 0 Å². The van der Waals surface area contributed by atoms with E-state index in [1.54, 1.807) is 6.26 Å². The van der Waals surface area contributed by atoms with Gasteiger partial charge in [-0.15, -0.1) is 0 Å². The minimum absolute atomic E-state index is 0.206. The van der Waals surface area contributed by atoms with Gasteiger partial charge in [0.2, 0.25) is 0 Å². The van der Waals surface area contributed by atoms with Crippen LogP contribution in [-0.2, 0) is 9.73 Å². The molecule has 0 amide bonds. The van der Waals surface area contributed by atoms with Crippen molar-refractivity contribution in [2.24, 2.45) is 5.73 Å². The highest BCUT2D eigenvalue weighted by atomic mass is 32.2. The van der Waals surface area contributed by atoms with Crippen molar-refractivity contribution >= 4 is 9.73 Å². The predicted molar refractivity (Wildman–Crippen MR) is 49.2 cm³/mol. The fraction of sp³-hybridized carbons (Fsp3) is 1.00. The van der Waals surface area contributed by atoms with Gasteiger partial charge in [-0.25, -0.2) is 4.21 Å². The van der Waals surface area contributed by atoms with E-state index in [2.05, 4.69) is 5.73 Å². The lowest BCUT2D eigenvalue weighted by Gasteiger charge is -2.06. The molecule has 3 N–H and O–H groups in total. The van der Waals surface area contributed by atoms with Crippen LogP contribution in [0.25, 0.3) is 0 Å². The van der Waals surface area contributed by atoms with Gasteiger partial charge in [0.15, 0.2) is 0 Å². The predicted octanol–water partition coefficient (Wildman–Crippen LogP) is 1.18. The molecule has 1 rings (SSSR count). The Kier molecular flexibility index (Phi) is 4.68. The largest absolute Gasteiger partial charge is 0.333 e. The maximum Gasteiger partial charge on any atom is 0.0441 e. The summed E-state index contributed by atoms with van der Waals surface area (Å²) in [4.78, 5) is 0. The SMILES string of the molecule is CN.CS(=N)(=O)C1CCCC1. The van der Waals surface area contributed by atoms with E-state index in [1.807, 2.05) is 0 Å². The zero-order valence-corrected chi connectivity index (χ0v) is 8.12. The highest BCUT2D eigenvalue weighted by Gasteiger charge is 2.21. The van der Waals surface area contributed by atoms with Crippen LogP contribution in [0.3, 0.4) is 0 Å². The molecule has 1 atom stereocenters. The molecular formula is C7H18N2OS. The molecule has 1 unspecified atom stereocenters. The molecule has 0 bridgehead atoms. The molecular weight excluding hydrogens is 160 g/mol. The lowest BCUT2D eigenvalue weighted by molar-refractivity contribution is 0.664. The molecule has 4 heteroatoms. The number of hydrogen-bond acceptors (Lipinski definition) is 3. The fourth-order valence-electron chi connectivity index (χ4n) is 1.34. The van der Waals surface area contributed by atoms with Crippen LogP contribution in [0.1, 0.15) is 25.7 Å². The summed E-state index contributed by atoms with van der Waals surface area (Å²) in [6, 6.07) is 0. The van der Waals surface area contributed by atoms with Crippen LogP contribution in [0, 0.1) is 4.78 Å². The molecule has 1 fully saturated rings. The summed E-state index contributed by atoms with van der Waals surface area (Å²) in [5.74, 6) is 0. The third-order valence-electron chi connectivity index (χ3n) is 1.94. The summed E-state index contributed by atoms with van der Waals surface area (Å²) >= 11 is 0. The Hall–Kier alpha value is -0.0900. The molecule has 0 aromatic heterocycles. The summed E-state index contributed by atoms with van der Waals surface area (Å²) < 4.78 is 18.3. The number of hydrogen-bond donors (Lipinski definition) is 2. The van der Waals surface area contributed by atoms with Gasteiger partial charge < -0.3 is 5.73 Å². The zero-order chi connectivity index (χ0) is 8.91. The van der Waals surface area contributed by atoms with E-state index < -0.39 is 9.73 Å². The molecule has 3 nitrogen and oxygen atoms in total. The van der Waals surface area contributed by atoms with Crippen molar-refractivity contribution in [1.29, 1.82) is 4.78 Å². The summed E-state index contributed by atoms with van der Waals surface area (Å²) in [6.45, 7) is 0. The Morgan fingerprint density at radius 1 is 1.36 bits per heavy atom. The number of rotatable bonds is 1. The van der Waals surface area contributed by atoms with Crippen molar-refractivity contribution in [3.05, 3.63) is 0 Å². The van der Waals surface area contributed by atoms with E-state index in [1.165, 1.54) is 19.9 Å². The maximum absolute atomic E-state index is 11.1. The van der Waals surface area contributed by atoms with Gasteiger partial charge in [-0.3, -0.25) is 4.78 Å². The second-order valence-corrected chi connectivity index (χ2v) is 5.28. The van der Waals surface area contributed by atoms with Gasteiger partial charge in [-0.2, -0.15) is 0 Å². The molecule has 1 aliphatic rings. The first kappa shape index (κ1) is 10.9. The van der Waals surface area contributed by atoms with Gasteiger partial charge in [0.05, 0.1) is 0 Å². The quantitative estimate of drug-likeness (QED) is 0.633. The first-order chi connectivity index (χ1) is 5.11. The molecule has 1 aliphatic carbocycles. The molecule has 1 saturated carbocycles. The monoisotopic (exact) mass is 178 g/mol. The Morgan fingerprint density at radius 3 is 1.91 bits per heavy atom. The lowest BCUT2D eigenvalue weighted by atomic mass is 10.4. The smallest absolute Gasteiger partial charge is 0.0441 e. The van der Waals surface area contributed by atoms with Crippen LogP contribution in [0.4, 0.5) is 0 Å². The number of nitrogens with one attached hydrogen (secondary N) is 1. The lowest BCUT2D eigenvalue weighted by Crippen LogP contribution is -2.13. The third kappa shape index (κ3) is 3.72. The molecule has 0 aromatic rings. The van der Waals surface area contributed by atoms with E-state index in [4.69, 9.17) is 4.78 Å². The molecule has 0 heterocycles. The summed E-state index contributed by atoms with van der Waals surface area (Å²) in [7, 11) is -0.703. The van der Waals surface area contributed by atoms with Crippen LogP contribution in [0.5, 0.6) is 0 Å².